The van der Waals surface area contributed by atoms with E-state index in [4.69, 9.17) is 0 Å². The molecule has 1 aromatic carbocycles. The third-order valence-corrected chi connectivity index (χ3v) is 2.03. The Morgan fingerprint density at radius 1 is 1.12 bits per heavy atom. The van der Waals surface area contributed by atoms with Crippen LogP contribution in [0.25, 0.3) is 0 Å². The van der Waals surface area contributed by atoms with Crippen molar-refractivity contribution in [2.75, 3.05) is 5.32 Å². The molecule has 0 amide bonds. The summed E-state index contributed by atoms with van der Waals surface area (Å²) >= 11 is 0. The zero-order valence-corrected chi connectivity index (χ0v) is 8.67. The van der Waals surface area contributed by atoms with Crippen LogP contribution in [0.3, 0.4) is 0 Å². The molecule has 0 atom stereocenters. The van der Waals surface area contributed by atoms with Gasteiger partial charge < -0.3 is 5.32 Å². The summed E-state index contributed by atoms with van der Waals surface area (Å²) in [6, 6.07) is 8.92. The molecular weight excluding hydrogens is 210 g/mol. The number of halogens is 2. The van der Waals surface area contributed by atoms with Gasteiger partial charge in [-0.2, -0.15) is 4.39 Å². The van der Waals surface area contributed by atoms with Crippen LogP contribution in [0.1, 0.15) is 5.56 Å². The molecule has 82 valence electrons. The lowest BCUT2D eigenvalue weighted by molar-refractivity contribution is 0.585. The van der Waals surface area contributed by atoms with E-state index in [1.807, 2.05) is 0 Å². The molecule has 0 saturated carbocycles. The molecule has 2 aromatic rings. The first-order valence-corrected chi connectivity index (χ1v) is 4.80. The second kappa shape index (κ2) is 4.26. The maximum atomic E-state index is 13.1. The number of nitrogens with one attached hydrogen (secondary N) is 1. The molecule has 1 heterocycles. The topological polar surface area (TPSA) is 24.9 Å². The van der Waals surface area contributed by atoms with E-state index in [1.54, 1.807) is 19.1 Å². The average molecular weight is 220 g/mol. The second-order valence-electron chi connectivity index (χ2n) is 3.49. The number of hydrogen-bond acceptors (Lipinski definition) is 2. The Balaban J connectivity index is 2.27. The minimum Gasteiger partial charge on any atom is -0.340 e. The fourth-order valence-corrected chi connectivity index (χ4v) is 1.43. The Hall–Kier alpha value is -1.97. The van der Waals surface area contributed by atoms with E-state index in [9.17, 15) is 8.78 Å². The van der Waals surface area contributed by atoms with Crippen molar-refractivity contribution in [3.63, 3.8) is 0 Å². The summed E-state index contributed by atoms with van der Waals surface area (Å²) in [5.41, 5.74) is 1.34. The van der Waals surface area contributed by atoms with Crippen molar-refractivity contribution in [2.45, 2.75) is 6.92 Å². The number of nitrogens with zero attached hydrogens (tertiary/aromatic N) is 1. The Labute approximate surface area is 92.0 Å². The number of pyridine rings is 1. The molecule has 0 saturated heterocycles. The van der Waals surface area contributed by atoms with E-state index in [2.05, 4.69) is 10.3 Å². The molecule has 0 radical (unpaired) electrons. The number of benzene rings is 1. The molecule has 2 nitrogen and oxygen atoms in total. The van der Waals surface area contributed by atoms with Crippen LogP contribution < -0.4 is 5.32 Å². The van der Waals surface area contributed by atoms with Crippen LogP contribution >= 0.6 is 0 Å². The van der Waals surface area contributed by atoms with Crippen molar-refractivity contribution in [1.29, 1.82) is 0 Å². The summed E-state index contributed by atoms with van der Waals surface area (Å²) in [6.07, 6.45) is 0. The van der Waals surface area contributed by atoms with Gasteiger partial charge in [0.15, 0.2) is 0 Å². The summed E-state index contributed by atoms with van der Waals surface area (Å²) in [5.74, 6) is -0.554. The van der Waals surface area contributed by atoms with Gasteiger partial charge in [0.25, 0.3) is 0 Å². The molecule has 2 rings (SSSR count). The quantitative estimate of drug-likeness (QED) is 0.784. The standard InChI is InChI=1S/C12H10F2N2/c1-8-5-9(13)7-10(6-8)15-12-4-2-3-11(14)16-12/h2-7H,1H3,(H,15,16). The number of aromatic nitrogens is 1. The molecule has 1 N–H and O–H groups in total. The first kappa shape index (κ1) is 10.5. The van der Waals surface area contributed by atoms with E-state index >= 15 is 0 Å². The third-order valence-electron chi connectivity index (χ3n) is 2.03. The fraction of sp³-hybridized carbons (Fsp3) is 0.0833. The van der Waals surface area contributed by atoms with Crippen LogP contribution in [-0.4, -0.2) is 4.98 Å². The van der Waals surface area contributed by atoms with Gasteiger partial charge in [0.2, 0.25) is 5.95 Å². The van der Waals surface area contributed by atoms with Gasteiger partial charge in [-0.1, -0.05) is 6.07 Å². The van der Waals surface area contributed by atoms with Crippen molar-refractivity contribution in [3.8, 4) is 0 Å². The maximum Gasteiger partial charge on any atom is 0.214 e. The van der Waals surface area contributed by atoms with Crippen molar-refractivity contribution in [2.24, 2.45) is 0 Å². The van der Waals surface area contributed by atoms with Crippen LogP contribution in [0.4, 0.5) is 20.3 Å². The maximum absolute atomic E-state index is 13.1. The predicted molar refractivity (Wildman–Crippen MR) is 58.6 cm³/mol. The highest BCUT2D eigenvalue weighted by atomic mass is 19.1. The van der Waals surface area contributed by atoms with Crippen LogP contribution in [0.2, 0.25) is 0 Å². The molecular formula is C12H10F2N2. The van der Waals surface area contributed by atoms with Gasteiger partial charge in [0.1, 0.15) is 11.6 Å². The molecule has 0 aliphatic carbocycles. The van der Waals surface area contributed by atoms with Gasteiger partial charge in [-0.05, 0) is 42.8 Å². The summed E-state index contributed by atoms with van der Waals surface area (Å²) in [6.45, 7) is 1.78. The number of aryl methyl sites for hydroxylation is 1. The monoisotopic (exact) mass is 220 g/mol. The Morgan fingerprint density at radius 2 is 1.94 bits per heavy atom. The van der Waals surface area contributed by atoms with Crippen LogP contribution in [0.15, 0.2) is 36.4 Å². The Kier molecular flexibility index (Phi) is 2.81. The van der Waals surface area contributed by atoms with Crippen LogP contribution in [-0.2, 0) is 0 Å². The zero-order chi connectivity index (χ0) is 11.5. The normalized spacial score (nSPS) is 10.2. The summed E-state index contributed by atoms with van der Waals surface area (Å²) < 4.78 is 25.9. The summed E-state index contributed by atoms with van der Waals surface area (Å²) in [7, 11) is 0. The molecule has 4 heteroatoms. The number of rotatable bonds is 2. The smallest absolute Gasteiger partial charge is 0.214 e. The lowest BCUT2D eigenvalue weighted by Gasteiger charge is -2.06. The summed E-state index contributed by atoms with van der Waals surface area (Å²) in [5, 5.41) is 2.84. The fourth-order valence-electron chi connectivity index (χ4n) is 1.43. The predicted octanol–water partition coefficient (Wildman–Crippen LogP) is 3.41. The molecule has 0 unspecified atom stereocenters. The van der Waals surface area contributed by atoms with Gasteiger partial charge in [-0.25, -0.2) is 9.37 Å². The first-order valence-electron chi connectivity index (χ1n) is 4.80. The summed E-state index contributed by atoms with van der Waals surface area (Å²) in [4.78, 5) is 3.63. The van der Waals surface area contributed by atoms with Gasteiger partial charge >= 0.3 is 0 Å². The van der Waals surface area contributed by atoms with E-state index in [-0.39, 0.29) is 5.82 Å². The second-order valence-corrected chi connectivity index (χ2v) is 3.49. The molecule has 0 spiro atoms. The van der Waals surface area contributed by atoms with E-state index < -0.39 is 5.95 Å². The van der Waals surface area contributed by atoms with Gasteiger partial charge in [0.05, 0.1) is 0 Å². The number of anilines is 2. The SMILES string of the molecule is Cc1cc(F)cc(Nc2cccc(F)n2)c1. The van der Waals surface area contributed by atoms with Gasteiger partial charge in [-0.15, -0.1) is 0 Å². The minimum absolute atomic E-state index is 0.334. The van der Waals surface area contributed by atoms with Crippen LogP contribution in [0, 0.1) is 18.7 Å². The molecule has 0 aliphatic heterocycles. The Bertz CT molecular complexity index is 492. The number of hydrogen-bond donors (Lipinski definition) is 1. The van der Waals surface area contributed by atoms with E-state index in [1.165, 1.54) is 24.3 Å². The van der Waals surface area contributed by atoms with Gasteiger partial charge in [0, 0.05) is 5.69 Å². The van der Waals surface area contributed by atoms with Gasteiger partial charge in [-0.3, -0.25) is 0 Å². The highest BCUT2D eigenvalue weighted by molar-refractivity contribution is 5.56. The lowest BCUT2D eigenvalue weighted by Crippen LogP contribution is -1.95. The minimum atomic E-state index is -0.571. The molecule has 0 bridgehead atoms. The third kappa shape index (κ3) is 2.53. The zero-order valence-electron chi connectivity index (χ0n) is 8.67. The van der Waals surface area contributed by atoms with Crippen LogP contribution in [0.5, 0.6) is 0 Å². The highest BCUT2D eigenvalue weighted by Gasteiger charge is 2.00. The largest absolute Gasteiger partial charge is 0.340 e. The molecule has 1 aromatic heterocycles. The van der Waals surface area contributed by atoms with Crippen molar-refractivity contribution in [3.05, 3.63) is 53.7 Å². The molecule has 16 heavy (non-hydrogen) atoms. The molecule has 0 aliphatic rings. The Morgan fingerprint density at radius 3 is 2.62 bits per heavy atom. The van der Waals surface area contributed by atoms with Crippen molar-refractivity contribution in [1.82, 2.24) is 4.98 Å². The first-order chi connectivity index (χ1) is 7.63. The van der Waals surface area contributed by atoms with Crippen molar-refractivity contribution >= 4 is 11.5 Å². The lowest BCUT2D eigenvalue weighted by atomic mass is 10.2. The van der Waals surface area contributed by atoms with Crippen molar-refractivity contribution < 1.29 is 8.78 Å². The molecule has 0 fully saturated rings. The highest BCUT2D eigenvalue weighted by Crippen LogP contribution is 2.17. The average Bonchev–Trinajstić information content (AvgIpc) is 2.15. The van der Waals surface area contributed by atoms with E-state index in [0.29, 0.717) is 11.5 Å². The van der Waals surface area contributed by atoms with E-state index in [0.717, 1.165) is 5.56 Å².